The van der Waals surface area contributed by atoms with E-state index in [1.165, 1.54) is 0 Å². The Balaban J connectivity index is 1.93. The number of ether oxygens (including phenoxy) is 1. The molecule has 0 bridgehead atoms. The first kappa shape index (κ1) is 20.9. The maximum atomic E-state index is 12.8. The molecule has 0 radical (unpaired) electrons. The Morgan fingerprint density at radius 3 is 2.62 bits per heavy atom. The number of carbonyl (C=O) groups excluding carboxylic acids is 2. The second kappa shape index (κ2) is 9.11. The zero-order valence-corrected chi connectivity index (χ0v) is 17.5. The van der Waals surface area contributed by atoms with E-state index >= 15 is 0 Å². The zero-order chi connectivity index (χ0) is 21.0. The molecule has 1 aliphatic rings. The lowest BCUT2D eigenvalue weighted by molar-refractivity contribution is -0.139. The number of nitrogens with zero attached hydrogens (tertiary/aromatic N) is 1. The second-order valence-corrected chi connectivity index (χ2v) is 7.87. The molecular formula is C21H16BrNO5S. The molecular weight excluding hydrogens is 458 g/mol. The summed E-state index contributed by atoms with van der Waals surface area (Å²) in [6, 6.07) is 12.2. The van der Waals surface area contributed by atoms with E-state index in [0.29, 0.717) is 38.4 Å². The van der Waals surface area contributed by atoms with Gasteiger partial charge in [0, 0.05) is 0 Å². The smallest absolute Gasteiger partial charge is 0.341 e. The van der Waals surface area contributed by atoms with E-state index in [1.54, 1.807) is 48.6 Å². The summed E-state index contributed by atoms with van der Waals surface area (Å²) in [6.07, 6.45) is 3.75. The van der Waals surface area contributed by atoms with Gasteiger partial charge in [-0.15, -0.1) is 6.58 Å². The number of halogens is 1. The van der Waals surface area contributed by atoms with Crippen LogP contribution in [0.25, 0.3) is 6.08 Å². The van der Waals surface area contributed by atoms with Gasteiger partial charge in [-0.1, -0.05) is 24.3 Å². The average Bonchev–Trinajstić information content (AvgIpc) is 2.95. The van der Waals surface area contributed by atoms with Gasteiger partial charge < -0.3 is 9.84 Å². The Morgan fingerprint density at radius 2 is 1.97 bits per heavy atom. The lowest BCUT2D eigenvalue weighted by Crippen LogP contribution is -2.27. The van der Waals surface area contributed by atoms with Gasteiger partial charge in [0.05, 0.1) is 15.1 Å². The van der Waals surface area contributed by atoms with Crippen molar-refractivity contribution in [3.05, 3.63) is 75.6 Å². The van der Waals surface area contributed by atoms with E-state index in [2.05, 4.69) is 22.5 Å². The number of allylic oxidation sites excluding steroid dienone is 1. The van der Waals surface area contributed by atoms with Crippen molar-refractivity contribution in [1.29, 1.82) is 0 Å². The van der Waals surface area contributed by atoms with E-state index in [9.17, 15) is 14.4 Å². The fourth-order valence-corrected chi connectivity index (χ4v) is 4.25. The monoisotopic (exact) mass is 473 g/mol. The van der Waals surface area contributed by atoms with Crippen molar-refractivity contribution in [3.8, 4) is 5.75 Å². The first-order valence-corrected chi connectivity index (χ1v) is 10.1. The number of amides is 2. The minimum Gasteiger partial charge on any atom is -0.480 e. The van der Waals surface area contributed by atoms with Crippen molar-refractivity contribution in [1.82, 2.24) is 0 Å². The number of benzene rings is 2. The van der Waals surface area contributed by atoms with Crippen LogP contribution in [0.4, 0.5) is 10.5 Å². The summed E-state index contributed by atoms with van der Waals surface area (Å²) in [6.45, 7) is 3.23. The lowest BCUT2D eigenvalue weighted by Gasteiger charge is -2.13. The van der Waals surface area contributed by atoms with Crippen LogP contribution in [0.1, 0.15) is 11.1 Å². The SMILES string of the molecule is C=CCc1cc(/C=C2\SC(=O)N(c3ccccc3)C2=O)cc(Br)c1OCC(=O)O. The summed E-state index contributed by atoms with van der Waals surface area (Å²) in [5.74, 6) is -1.07. The Labute approximate surface area is 180 Å². The standard InChI is InChI=1S/C21H16BrNO5S/c1-2-6-14-9-13(10-16(22)19(14)28-12-18(24)25)11-17-20(26)23(21(27)29-17)15-7-4-3-5-8-15/h2-5,7-11H,1,6,12H2,(H,24,25)/b17-11-. The molecule has 2 aromatic carbocycles. The molecule has 8 heteroatoms. The lowest BCUT2D eigenvalue weighted by atomic mass is 10.1. The molecule has 0 saturated carbocycles. The number of hydrogen-bond donors (Lipinski definition) is 1. The number of hydrogen-bond acceptors (Lipinski definition) is 5. The van der Waals surface area contributed by atoms with Crippen LogP contribution in [-0.2, 0) is 16.0 Å². The molecule has 2 amide bonds. The second-order valence-electron chi connectivity index (χ2n) is 6.02. The summed E-state index contributed by atoms with van der Waals surface area (Å²) < 4.78 is 5.92. The van der Waals surface area contributed by atoms with Gasteiger partial charge in [-0.2, -0.15) is 0 Å². The largest absolute Gasteiger partial charge is 0.480 e. The quantitative estimate of drug-likeness (QED) is 0.455. The highest BCUT2D eigenvalue weighted by molar-refractivity contribution is 9.10. The van der Waals surface area contributed by atoms with Crippen molar-refractivity contribution in [2.75, 3.05) is 11.5 Å². The summed E-state index contributed by atoms with van der Waals surface area (Å²) >= 11 is 4.26. The summed E-state index contributed by atoms with van der Waals surface area (Å²) in [5, 5.41) is 8.50. The van der Waals surface area contributed by atoms with Gasteiger partial charge in [0.1, 0.15) is 5.75 Å². The predicted molar refractivity (Wildman–Crippen MR) is 116 cm³/mol. The molecule has 6 nitrogen and oxygen atoms in total. The van der Waals surface area contributed by atoms with Crippen molar-refractivity contribution >= 4 is 56.6 Å². The van der Waals surface area contributed by atoms with Crippen molar-refractivity contribution in [2.45, 2.75) is 6.42 Å². The number of thioether (sulfide) groups is 1. The van der Waals surface area contributed by atoms with Crippen LogP contribution in [-0.4, -0.2) is 28.8 Å². The molecule has 1 N–H and O–H groups in total. The molecule has 2 aromatic rings. The van der Waals surface area contributed by atoms with Gasteiger partial charge in [0.2, 0.25) is 0 Å². The van der Waals surface area contributed by atoms with Gasteiger partial charge in [0.15, 0.2) is 6.61 Å². The first-order chi connectivity index (χ1) is 13.9. The number of carboxylic acid groups (broad SMARTS) is 1. The molecule has 0 atom stereocenters. The third-order valence-electron chi connectivity index (χ3n) is 3.95. The van der Waals surface area contributed by atoms with Gasteiger partial charge >= 0.3 is 5.97 Å². The van der Waals surface area contributed by atoms with Gasteiger partial charge in [-0.05, 0) is 75.6 Å². The molecule has 0 spiro atoms. The van der Waals surface area contributed by atoms with Crippen LogP contribution in [0, 0.1) is 0 Å². The maximum absolute atomic E-state index is 12.8. The Kier molecular flexibility index (Phi) is 6.56. The molecule has 0 aliphatic carbocycles. The maximum Gasteiger partial charge on any atom is 0.341 e. The van der Waals surface area contributed by atoms with E-state index in [4.69, 9.17) is 9.84 Å². The number of carboxylic acids is 1. The van der Waals surface area contributed by atoms with Crippen LogP contribution >= 0.6 is 27.7 Å². The van der Waals surface area contributed by atoms with Crippen molar-refractivity contribution < 1.29 is 24.2 Å². The number of imide groups is 1. The van der Waals surface area contributed by atoms with Crippen LogP contribution in [0.3, 0.4) is 0 Å². The number of para-hydroxylation sites is 1. The molecule has 29 heavy (non-hydrogen) atoms. The van der Waals surface area contributed by atoms with Crippen LogP contribution in [0.5, 0.6) is 5.75 Å². The number of aliphatic carboxylic acids is 1. The van der Waals surface area contributed by atoms with Gasteiger partial charge in [-0.3, -0.25) is 9.59 Å². The highest BCUT2D eigenvalue weighted by Crippen LogP contribution is 2.37. The van der Waals surface area contributed by atoms with Crippen molar-refractivity contribution in [2.24, 2.45) is 0 Å². The summed E-state index contributed by atoms with van der Waals surface area (Å²) in [4.78, 5) is 37.4. The molecule has 1 heterocycles. The van der Waals surface area contributed by atoms with E-state index in [0.717, 1.165) is 16.7 Å². The van der Waals surface area contributed by atoms with E-state index < -0.39 is 18.5 Å². The predicted octanol–water partition coefficient (Wildman–Crippen LogP) is 4.88. The molecule has 0 aromatic heterocycles. The minimum atomic E-state index is -1.08. The average molecular weight is 474 g/mol. The molecule has 148 valence electrons. The highest BCUT2D eigenvalue weighted by atomic mass is 79.9. The van der Waals surface area contributed by atoms with Crippen LogP contribution in [0.2, 0.25) is 0 Å². The number of anilines is 1. The van der Waals surface area contributed by atoms with Gasteiger partial charge in [-0.25, -0.2) is 9.69 Å². The third-order valence-corrected chi connectivity index (χ3v) is 5.41. The topological polar surface area (TPSA) is 83.9 Å². The first-order valence-electron chi connectivity index (χ1n) is 8.51. The minimum absolute atomic E-state index is 0.300. The zero-order valence-electron chi connectivity index (χ0n) is 15.1. The van der Waals surface area contributed by atoms with Crippen LogP contribution in [0.15, 0.2) is 64.5 Å². The number of rotatable bonds is 7. The van der Waals surface area contributed by atoms with E-state index in [-0.39, 0.29) is 5.24 Å². The normalized spacial score (nSPS) is 15.1. The molecule has 1 saturated heterocycles. The molecule has 1 aliphatic heterocycles. The van der Waals surface area contributed by atoms with Crippen molar-refractivity contribution in [3.63, 3.8) is 0 Å². The Morgan fingerprint density at radius 1 is 1.24 bits per heavy atom. The van der Waals surface area contributed by atoms with Gasteiger partial charge in [0.25, 0.3) is 11.1 Å². The molecule has 1 fully saturated rings. The van der Waals surface area contributed by atoms with Crippen LogP contribution < -0.4 is 9.64 Å². The third kappa shape index (κ3) is 4.78. The summed E-state index contributed by atoms with van der Waals surface area (Å²) in [5.41, 5.74) is 1.91. The highest BCUT2D eigenvalue weighted by Gasteiger charge is 2.36. The molecule has 3 rings (SSSR count). The Hall–Kier alpha value is -2.84. The van der Waals surface area contributed by atoms with E-state index in [1.807, 2.05) is 6.07 Å². The fourth-order valence-electron chi connectivity index (χ4n) is 2.78. The fraction of sp³-hybridized carbons (Fsp3) is 0.0952. The Bertz CT molecular complexity index is 1020. The molecule has 0 unspecified atom stereocenters. The number of carbonyl (C=O) groups is 3. The summed E-state index contributed by atoms with van der Waals surface area (Å²) in [7, 11) is 0.